The molecule has 0 bridgehead atoms. The molecule has 0 aliphatic heterocycles. The number of esters is 1. The summed E-state index contributed by atoms with van der Waals surface area (Å²) in [5, 5.41) is 22.1. The highest BCUT2D eigenvalue weighted by Gasteiger charge is 2.34. The molecule has 2 heterocycles. The predicted octanol–water partition coefficient (Wildman–Crippen LogP) is 4.17. The van der Waals surface area contributed by atoms with Crippen LogP contribution < -0.4 is 20.7 Å². The average Bonchev–Trinajstić information content (AvgIpc) is 3.53. The van der Waals surface area contributed by atoms with Gasteiger partial charge in [0, 0.05) is 24.8 Å². The largest absolute Gasteiger partial charge is 0.481 e. The van der Waals surface area contributed by atoms with Crippen molar-refractivity contribution >= 4 is 48.6 Å². The Bertz CT molecular complexity index is 1600. The average molecular weight is 674 g/mol. The van der Waals surface area contributed by atoms with Gasteiger partial charge < -0.3 is 35.1 Å². The zero-order chi connectivity index (χ0) is 34.0. The van der Waals surface area contributed by atoms with Crippen molar-refractivity contribution in [3.05, 3.63) is 48.8 Å². The fourth-order valence-corrected chi connectivity index (χ4v) is 6.18. The first-order valence-corrected chi connectivity index (χ1v) is 16.8. The summed E-state index contributed by atoms with van der Waals surface area (Å²) in [4.78, 5) is 45.0. The van der Waals surface area contributed by atoms with Crippen molar-refractivity contribution in [3.63, 3.8) is 0 Å². The number of allylic oxidation sites excluding steroid dienone is 1. The van der Waals surface area contributed by atoms with Gasteiger partial charge >= 0.3 is 25.7 Å². The summed E-state index contributed by atoms with van der Waals surface area (Å²) < 4.78 is 32.2. The van der Waals surface area contributed by atoms with Crippen LogP contribution in [0.2, 0.25) is 0 Å². The lowest BCUT2D eigenvalue weighted by Gasteiger charge is -2.24. The Morgan fingerprint density at radius 1 is 1.11 bits per heavy atom. The molecule has 0 radical (unpaired) electrons. The number of carboxylic acids is 2. The fourth-order valence-electron chi connectivity index (χ4n) is 4.63. The van der Waals surface area contributed by atoms with Gasteiger partial charge in [0.1, 0.15) is 11.8 Å². The van der Waals surface area contributed by atoms with Gasteiger partial charge in [0.05, 0.1) is 25.6 Å². The van der Waals surface area contributed by atoms with Gasteiger partial charge in [0.2, 0.25) is 5.95 Å². The van der Waals surface area contributed by atoms with Gasteiger partial charge in [-0.05, 0) is 51.7 Å². The van der Waals surface area contributed by atoms with Crippen LogP contribution in [0.4, 0.5) is 11.8 Å². The molecule has 0 amide bonds. The molecule has 2 aliphatic carbocycles. The van der Waals surface area contributed by atoms with Crippen molar-refractivity contribution in [2.45, 2.75) is 70.5 Å². The number of nitrogen functional groups attached to an aromatic ring is 1. The van der Waals surface area contributed by atoms with Gasteiger partial charge in [0.15, 0.2) is 17.0 Å². The van der Waals surface area contributed by atoms with Gasteiger partial charge in [-0.1, -0.05) is 30.4 Å². The van der Waals surface area contributed by atoms with Crippen LogP contribution in [0, 0.1) is 5.92 Å². The highest BCUT2D eigenvalue weighted by atomic mass is 31.2. The van der Waals surface area contributed by atoms with Gasteiger partial charge in [-0.15, -0.1) is 0 Å². The third-order valence-electron chi connectivity index (χ3n) is 7.06. The summed E-state index contributed by atoms with van der Waals surface area (Å²) in [6, 6.07) is 8.14. The lowest BCUT2D eigenvalue weighted by atomic mass is 10.1. The number of nitrogens with two attached hydrogens (primary N) is 1. The molecule has 0 saturated heterocycles. The zero-order valence-electron chi connectivity index (χ0n) is 26.2. The van der Waals surface area contributed by atoms with Crippen molar-refractivity contribution in [3.8, 4) is 5.75 Å². The summed E-state index contributed by atoms with van der Waals surface area (Å²) in [7, 11) is -3.92. The lowest BCUT2D eigenvalue weighted by Crippen LogP contribution is -2.35. The van der Waals surface area contributed by atoms with Gasteiger partial charge in [-0.3, -0.25) is 18.9 Å². The number of anilines is 2. The quantitative estimate of drug-likeness (QED) is 0.0816. The minimum atomic E-state index is -3.92. The molecule has 0 spiro atoms. The standard InChI is InChI=1S/C25H32N7O5P.C5H8O4/c1-3-35-24(33)16(2)31-38(34,37-20-7-5-4-6-8-20)36-14-17-9-12-19(13-17)32-15-27-21-22(28-18-10-11-18)29-25(26)30-23(21)32;6-4(7)2-1-3-5(8)9/h4-9,12,15-19H,3,10-11,13-14H2,1-2H3,(H,31,34)(H3,26,28,29,30);1-3H2,(H,6,7)(H,8,9)/t16-,17+,19-,38?;/m0./s1. The molecule has 6 N–H and O–H groups in total. The van der Waals surface area contributed by atoms with E-state index in [1.165, 1.54) is 0 Å². The monoisotopic (exact) mass is 673 g/mol. The summed E-state index contributed by atoms with van der Waals surface area (Å²) in [6.45, 7) is 3.58. The minimum Gasteiger partial charge on any atom is -0.481 e. The number of hydrogen-bond donors (Lipinski definition) is 5. The molecule has 3 aromatic rings. The third kappa shape index (κ3) is 10.8. The second kappa shape index (κ2) is 16.3. The van der Waals surface area contributed by atoms with Crippen LogP contribution in [0.3, 0.4) is 0 Å². The number of carbonyl (C=O) groups is 3. The maximum absolute atomic E-state index is 13.7. The number of nitrogens with zero attached hydrogens (tertiary/aromatic N) is 4. The molecule has 5 rings (SSSR count). The molecule has 254 valence electrons. The van der Waals surface area contributed by atoms with E-state index in [0.717, 1.165) is 12.8 Å². The Morgan fingerprint density at radius 2 is 1.81 bits per heavy atom. The molecule has 1 saturated carbocycles. The fraction of sp³-hybridized carbons (Fsp3) is 0.467. The molecular weight excluding hydrogens is 633 g/mol. The molecule has 2 aromatic heterocycles. The molecule has 2 aliphatic rings. The zero-order valence-corrected chi connectivity index (χ0v) is 27.0. The van der Waals surface area contributed by atoms with E-state index >= 15 is 0 Å². The van der Waals surface area contributed by atoms with Crippen LogP contribution in [-0.4, -0.2) is 72.9 Å². The molecule has 17 heteroatoms. The Kier molecular flexibility index (Phi) is 12.3. The van der Waals surface area contributed by atoms with Crippen molar-refractivity contribution in [2.75, 3.05) is 24.3 Å². The van der Waals surface area contributed by atoms with Crippen LogP contribution in [0.1, 0.15) is 58.4 Å². The summed E-state index contributed by atoms with van der Waals surface area (Å²) in [5.74, 6) is -1.31. The topological polar surface area (TPSA) is 230 Å². The SMILES string of the molecule is CCOC(=O)[C@H](C)NP(=O)(OC[C@@H]1C=C[C@H](n2cnc3c(NC4CC4)nc(N)nc32)C1)Oc1ccccc1.O=C(O)CCCC(=O)O. The van der Waals surface area contributed by atoms with Crippen LogP contribution in [-0.2, 0) is 28.2 Å². The molecule has 47 heavy (non-hydrogen) atoms. The number of aliphatic carboxylic acids is 2. The number of para-hydroxylation sites is 1. The Labute approximate surface area is 271 Å². The van der Waals surface area contributed by atoms with Crippen LogP contribution >= 0.6 is 7.75 Å². The van der Waals surface area contributed by atoms with E-state index in [1.807, 2.05) is 22.8 Å². The van der Waals surface area contributed by atoms with E-state index in [9.17, 15) is 18.9 Å². The Hall–Kier alpha value is -4.53. The number of rotatable bonds is 16. The van der Waals surface area contributed by atoms with Crippen LogP contribution in [0.25, 0.3) is 11.2 Å². The van der Waals surface area contributed by atoms with E-state index < -0.39 is 31.7 Å². The number of ether oxygens (including phenoxy) is 1. The number of imidazole rings is 1. The Balaban J connectivity index is 0.000000488. The smallest absolute Gasteiger partial charge is 0.459 e. The van der Waals surface area contributed by atoms with E-state index in [-0.39, 0.29) is 50.4 Å². The maximum atomic E-state index is 13.7. The van der Waals surface area contributed by atoms with Crippen molar-refractivity contribution in [1.29, 1.82) is 0 Å². The van der Waals surface area contributed by atoms with Gasteiger partial charge in [0.25, 0.3) is 0 Å². The number of benzene rings is 1. The maximum Gasteiger partial charge on any atom is 0.459 e. The van der Waals surface area contributed by atoms with E-state index in [2.05, 4.69) is 25.4 Å². The lowest BCUT2D eigenvalue weighted by molar-refractivity contribution is -0.145. The second-order valence-electron chi connectivity index (χ2n) is 11.1. The predicted molar refractivity (Wildman–Crippen MR) is 172 cm³/mol. The summed E-state index contributed by atoms with van der Waals surface area (Å²) in [5.41, 5.74) is 7.32. The highest BCUT2D eigenvalue weighted by molar-refractivity contribution is 7.52. The van der Waals surface area contributed by atoms with E-state index in [0.29, 0.717) is 35.2 Å². The Morgan fingerprint density at radius 3 is 2.45 bits per heavy atom. The first kappa shape index (κ1) is 35.3. The van der Waals surface area contributed by atoms with Gasteiger partial charge in [-0.2, -0.15) is 15.1 Å². The number of carbonyl (C=O) groups excluding carboxylic acids is 1. The van der Waals surface area contributed by atoms with Crippen LogP contribution in [0.15, 0.2) is 48.8 Å². The van der Waals surface area contributed by atoms with E-state index in [4.69, 9.17) is 29.7 Å². The minimum absolute atomic E-state index is 0.0440. The molecule has 16 nitrogen and oxygen atoms in total. The molecule has 4 atom stereocenters. The number of fused-ring (bicyclic) bond motifs is 1. The first-order valence-electron chi connectivity index (χ1n) is 15.3. The number of carboxylic acid groups (broad SMARTS) is 2. The number of hydrogen-bond acceptors (Lipinski definition) is 12. The normalized spacial score (nSPS) is 18.9. The first-order chi connectivity index (χ1) is 22.5. The molecule has 1 unspecified atom stereocenters. The van der Waals surface area contributed by atoms with Gasteiger partial charge in [-0.25, -0.2) is 9.55 Å². The summed E-state index contributed by atoms with van der Waals surface area (Å²) >= 11 is 0. The summed E-state index contributed by atoms with van der Waals surface area (Å²) in [6.07, 6.45) is 8.74. The van der Waals surface area contributed by atoms with Crippen molar-refractivity contribution < 1.29 is 42.9 Å². The van der Waals surface area contributed by atoms with E-state index in [1.54, 1.807) is 44.4 Å². The molecule has 1 fully saturated rings. The highest BCUT2D eigenvalue weighted by Crippen LogP contribution is 2.46. The second-order valence-corrected chi connectivity index (χ2v) is 12.8. The van der Waals surface area contributed by atoms with Crippen LogP contribution in [0.5, 0.6) is 5.75 Å². The molecule has 1 aromatic carbocycles. The number of aromatic nitrogens is 4. The van der Waals surface area contributed by atoms with Crippen molar-refractivity contribution in [2.24, 2.45) is 5.92 Å². The third-order valence-corrected chi connectivity index (χ3v) is 8.71. The van der Waals surface area contributed by atoms with Crippen molar-refractivity contribution in [1.82, 2.24) is 24.6 Å². The number of nitrogens with one attached hydrogen (secondary N) is 2. The molecular formula is C30H40N7O9P.